The van der Waals surface area contributed by atoms with Crippen LogP contribution < -0.4 is 4.90 Å². The number of aliphatic hydroxyl groups excluding tert-OH is 1. The molecule has 0 saturated carbocycles. The zero-order valence-electron chi connectivity index (χ0n) is 10.6. The van der Waals surface area contributed by atoms with Crippen LogP contribution in [-0.2, 0) is 4.74 Å². The molecule has 0 bridgehead atoms. The van der Waals surface area contributed by atoms with Crippen LogP contribution in [0, 0.1) is 0 Å². The van der Waals surface area contributed by atoms with Crippen molar-refractivity contribution in [1.29, 1.82) is 0 Å². The van der Waals surface area contributed by atoms with Crippen molar-refractivity contribution in [1.82, 2.24) is 0 Å². The maximum absolute atomic E-state index is 9.69. The number of hydrogen-bond acceptors (Lipinski definition) is 2. The molecule has 1 atom stereocenters. The highest BCUT2D eigenvalue weighted by Gasteiger charge is 2.11. The van der Waals surface area contributed by atoms with Gasteiger partial charge in [-0.15, -0.1) is 0 Å². The molecule has 0 aromatic rings. The van der Waals surface area contributed by atoms with Crippen LogP contribution in [-0.4, -0.2) is 44.1 Å². The molecule has 0 fully saturated rings. The molecule has 0 unspecified atom stereocenters. The summed E-state index contributed by atoms with van der Waals surface area (Å²) in [6, 6.07) is 0. The molecule has 0 heterocycles. The molecule has 0 rings (SSSR count). The van der Waals surface area contributed by atoms with Gasteiger partial charge in [-0.25, -0.2) is 0 Å². The van der Waals surface area contributed by atoms with Gasteiger partial charge < -0.3 is 14.7 Å². The van der Waals surface area contributed by atoms with Crippen molar-refractivity contribution in [2.24, 2.45) is 0 Å². The van der Waals surface area contributed by atoms with Crippen molar-refractivity contribution >= 4 is 0 Å². The van der Waals surface area contributed by atoms with Crippen LogP contribution in [0.2, 0.25) is 0 Å². The maximum atomic E-state index is 9.69. The third kappa shape index (κ3) is 8.85. The predicted molar refractivity (Wildman–Crippen MR) is 63.3 cm³/mol. The van der Waals surface area contributed by atoms with Gasteiger partial charge in [0.15, 0.2) is 0 Å². The highest BCUT2D eigenvalue weighted by molar-refractivity contribution is 4.50. The third-order valence-corrected chi connectivity index (χ3v) is 2.73. The Balaban J connectivity index is 3.35. The summed E-state index contributed by atoms with van der Waals surface area (Å²) in [7, 11) is 0. The van der Waals surface area contributed by atoms with Crippen LogP contribution in [0.15, 0.2) is 0 Å². The largest absolute Gasteiger partial charge is 0.385 e. The number of hydrogen-bond donors (Lipinski definition) is 2. The van der Waals surface area contributed by atoms with Gasteiger partial charge in [0.05, 0.1) is 19.7 Å². The molecule has 0 amide bonds. The lowest BCUT2D eigenvalue weighted by Gasteiger charge is -2.19. The lowest BCUT2D eigenvalue weighted by atomic mass is 10.3. The number of ether oxygens (including phenoxy) is 1. The Hall–Kier alpha value is -0.120. The predicted octanol–water partition coefficient (Wildman–Crippen LogP) is 0.479. The summed E-state index contributed by atoms with van der Waals surface area (Å²) in [4.78, 5) is 1.43. The Bertz CT molecular complexity index is 127. The number of rotatable bonds is 10. The van der Waals surface area contributed by atoms with E-state index in [4.69, 9.17) is 4.74 Å². The molecule has 0 aliphatic carbocycles. The second kappa shape index (κ2) is 10.4. The van der Waals surface area contributed by atoms with E-state index in [1.54, 1.807) is 0 Å². The first-order valence-corrected chi connectivity index (χ1v) is 6.33. The average molecular weight is 218 g/mol. The first kappa shape index (κ1) is 14.9. The van der Waals surface area contributed by atoms with Crippen molar-refractivity contribution in [2.75, 3.05) is 32.8 Å². The van der Waals surface area contributed by atoms with E-state index in [0.717, 1.165) is 32.7 Å². The van der Waals surface area contributed by atoms with E-state index in [0.29, 0.717) is 6.61 Å². The van der Waals surface area contributed by atoms with E-state index in [9.17, 15) is 5.11 Å². The summed E-state index contributed by atoms with van der Waals surface area (Å²) in [5.74, 6) is 0. The normalized spacial score (nSPS) is 13.4. The highest BCUT2D eigenvalue weighted by atomic mass is 16.5. The monoisotopic (exact) mass is 218 g/mol. The zero-order valence-corrected chi connectivity index (χ0v) is 10.6. The number of unbranched alkanes of at least 4 members (excludes halogenated alkanes) is 2. The minimum Gasteiger partial charge on any atom is -0.385 e. The molecule has 2 N–H and O–H groups in total. The summed E-state index contributed by atoms with van der Waals surface area (Å²) < 4.78 is 5.42. The molecule has 0 aliphatic heterocycles. The van der Waals surface area contributed by atoms with Crippen LogP contribution in [0.25, 0.3) is 0 Å². The van der Waals surface area contributed by atoms with Gasteiger partial charge in [0.25, 0.3) is 0 Å². The second-order valence-electron chi connectivity index (χ2n) is 4.10. The zero-order chi connectivity index (χ0) is 11.5. The van der Waals surface area contributed by atoms with E-state index in [-0.39, 0.29) is 6.10 Å². The van der Waals surface area contributed by atoms with Crippen LogP contribution >= 0.6 is 0 Å². The van der Waals surface area contributed by atoms with Crippen LogP contribution in [0.5, 0.6) is 0 Å². The topological polar surface area (TPSA) is 33.9 Å². The summed E-state index contributed by atoms with van der Waals surface area (Å²) >= 11 is 0. The van der Waals surface area contributed by atoms with E-state index < -0.39 is 0 Å². The van der Waals surface area contributed by atoms with Gasteiger partial charge in [0, 0.05) is 6.61 Å². The molecule has 0 aromatic carbocycles. The third-order valence-electron chi connectivity index (χ3n) is 2.73. The molecule has 3 heteroatoms. The molecule has 3 nitrogen and oxygen atoms in total. The van der Waals surface area contributed by atoms with Gasteiger partial charge in [-0.2, -0.15) is 0 Å². The molecule has 15 heavy (non-hydrogen) atoms. The van der Waals surface area contributed by atoms with Gasteiger partial charge in [0.1, 0.15) is 12.6 Å². The van der Waals surface area contributed by atoms with Crippen LogP contribution in [0.1, 0.15) is 40.0 Å². The smallest absolute Gasteiger partial charge is 0.126 e. The van der Waals surface area contributed by atoms with Crippen LogP contribution in [0.4, 0.5) is 0 Å². The summed E-state index contributed by atoms with van der Waals surface area (Å²) in [6.45, 7) is 10.7. The first-order chi connectivity index (χ1) is 7.24. The van der Waals surface area contributed by atoms with E-state index in [1.165, 1.54) is 17.7 Å². The number of aliphatic hydroxyl groups is 1. The summed E-state index contributed by atoms with van der Waals surface area (Å²) in [6.07, 6.45) is 3.25. The fourth-order valence-corrected chi connectivity index (χ4v) is 1.60. The first-order valence-electron chi connectivity index (χ1n) is 6.33. The Kier molecular flexibility index (Phi) is 10.3. The standard InChI is InChI=1S/C12H27NO2/c1-4-7-8-9-15-11-12(14)10-13(5-2)6-3/h12,14H,4-11H2,1-3H3/p+1/t12-/m0/s1. The maximum Gasteiger partial charge on any atom is 0.126 e. The van der Waals surface area contributed by atoms with Gasteiger partial charge in [0.2, 0.25) is 0 Å². The van der Waals surface area contributed by atoms with Crippen molar-refractivity contribution < 1.29 is 14.7 Å². The Morgan fingerprint density at radius 2 is 1.80 bits per heavy atom. The quantitative estimate of drug-likeness (QED) is 0.523. The molecular formula is C12H28NO2+. The minimum absolute atomic E-state index is 0.304. The molecular weight excluding hydrogens is 190 g/mol. The fraction of sp³-hybridized carbons (Fsp3) is 1.00. The molecule has 0 spiro atoms. The summed E-state index contributed by atoms with van der Waals surface area (Å²) in [5.41, 5.74) is 0. The second-order valence-corrected chi connectivity index (χ2v) is 4.10. The Morgan fingerprint density at radius 1 is 1.13 bits per heavy atom. The number of likely N-dealkylation sites (N-methyl/N-ethyl adjacent to an activating group) is 1. The molecule has 0 saturated heterocycles. The van der Waals surface area contributed by atoms with Crippen molar-refractivity contribution in [2.45, 2.75) is 46.1 Å². The van der Waals surface area contributed by atoms with E-state index in [2.05, 4.69) is 20.8 Å². The summed E-state index contributed by atoms with van der Waals surface area (Å²) in [5, 5.41) is 9.69. The minimum atomic E-state index is -0.304. The Morgan fingerprint density at radius 3 is 2.33 bits per heavy atom. The molecule has 0 aliphatic rings. The van der Waals surface area contributed by atoms with Crippen molar-refractivity contribution in [3.05, 3.63) is 0 Å². The van der Waals surface area contributed by atoms with Gasteiger partial charge in [-0.1, -0.05) is 19.8 Å². The SMILES string of the molecule is CCCCCOC[C@@H](O)C[NH+](CC)CC. The van der Waals surface area contributed by atoms with Gasteiger partial charge >= 0.3 is 0 Å². The highest BCUT2D eigenvalue weighted by Crippen LogP contribution is 1.94. The lowest BCUT2D eigenvalue weighted by molar-refractivity contribution is -0.899. The van der Waals surface area contributed by atoms with Crippen molar-refractivity contribution in [3.63, 3.8) is 0 Å². The van der Waals surface area contributed by atoms with E-state index in [1.807, 2.05) is 0 Å². The lowest BCUT2D eigenvalue weighted by Crippen LogP contribution is -3.12. The van der Waals surface area contributed by atoms with Crippen LogP contribution in [0.3, 0.4) is 0 Å². The Labute approximate surface area is 94.4 Å². The number of nitrogens with one attached hydrogen (secondary N) is 1. The molecule has 0 radical (unpaired) electrons. The molecule has 92 valence electrons. The van der Waals surface area contributed by atoms with E-state index >= 15 is 0 Å². The molecule has 0 aromatic heterocycles. The van der Waals surface area contributed by atoms with Crippen molar-refractivity contribution in [3.8, 4) is 0 Å². The average Bonchev–Trinajstić information content (AvgIpc) is 2.25. The fourth-order valence-electron chi connectivity index (χ4n) is 1.60. The number of quaternary nitrogens is 1. The van der Waals surface area contributed by atoms with Gasteiger partial charge in [-0.05, 0) is 20.3 Å². The van der Waals surface area contributed by atoms with Gasteiger partial charge in [-0.3, -0.25) is 0 Å².